The van der Waals surface area contributed by atoms with E-state index in [4.69, 9.17) is 0 Å². The summed E-state index contributed by atoms with van der Waals surface area (Å²) in [6.45, 7) is 0. The van der Waals surface area contributed by atoms with Crippen molar-refractivity contribution < 1.29 is 4.79 Å². The van der Waals surface area contributed by atoms with Gasteiger partial charge in [0.2, 0.25) is 5.91 Å². The molecule has 5 heteroatoms. The average molecular weight is 266 g/mol. The van der Waals surface area contributed by atoms with E-state index < -0.39 is 6.04 Å². The minimum atomic E-state index is -0.471. The number of likely N-dealkylation sites (N-methyl/N-ethyl adjacent to an activating group) is 1. The Hall–Kier alpha value is -2.69. The van der Waals surface area contributed by atoms with Crippen LogP contribution in [0.15, 0.2) is 55.0 Å². The molecule has 0 aliphatic carbocycles. The summed E-state index contributed by atoms with van der Waals surface area (Å²) in [4.78, 5) is 20.9. The zero-order valence-electron chi connectivity index (χ0n) is 11.0. The lowest BCUT2D eigenvalue weighted by molar-refractivity contribution is -0.122. The lowest BCUT2D eigenvalue weighted by Crippen LogP contribution is -2.30. The van der Waals surface area contributed by atoms with E-state index in [2.05, 4.69) is 15.3 Å². The van der Waals surface area contributed by atoms with Gasteiger partial charge < -0.3 is 5.32 Å². The third kappa shape index (κ3) is 2.03. The molecule has 100 valence electrons. The third-order valence-electron chi connectivity index (χ3n) is 3.22. The average Bonchev–Trinajstić information content (AvgIpc) is 2.92. The number of hydrogen-bond acceptors (Lipinski definition) is 3. The minimum Gasteiger partial charge on any atom is -0.357 e. The number of amides is 1. The van der Waals surface area contributed by atoms with E-state index in [0.29, 0.717) is 5.65 Å². The molecule has 1 atom stereocenters. The quantitative estimate of drug-likeness (QED) is 0.786. The highest BCUT2D eigenvalue weighted by Gasteiger charge is 2.23. The maximum absolute atomic E-state index is 12.3. The van der Waals surface area contributed by atoms with Crippen molar-refractivity contribution in [3.63, 3.8) is 0 Å². The lowest BCUT2D eigenvalue weighted by Gasteiger charge is -2.17. The number of benzene rings is 1. The minimum absolute atomic E-state index is 0.0962. The van der Waals surface area contributed by atoms with Gasteiger partial charge >= 0.3 is 0 Å². The fourth-order valence-corrected chi connectivity index (χ4v) is 2.27. The Bertz CT molecular complexity index is 736. The van der Waals surface area contributed by atoms with Gasteiger partial charge in [-0.3, -0.25) is 9.36 Å². The normalized spacial score (nSPS) is 12.2. The van der Waals surface area contributed by atoms with Crippen LogP contribution in [0.4, 0.5) is 0 Å². The molecule has 5 nitrogen and oxygen atoms in total. The molecule has 0 fully saturated rings. The molecule has 1 N–H and O–H groups in total. The maximum Gasteiger partial charge on any atom is 0.247 e. The molecular weight excluding hydrogens is 252 g/mol. The SMILES string of the molecule is CNC(=O)C(c1ccccc1)n1cnc2cccnc21. The summed E-state index contributed by atoms with van der Waals surface area (Å²) in [5.41, 5.74) is 2.37. The number of nitrogens with zero attached hydrogens (tertiary/aromatic N) is 3. The number of hydrogen-bond donors (Lipinski definition) is 1. The van der Waals surface area contributed by atoms with E-state index in [-0.39, 0.29) is 5.91 Å². The van der Waals surface area contributed by atoms with Gasteiger partial charge in [0.15, 0.2) is 5.65 Å². The van der Waals surface area contributed by atoms with Crippen LogP contribution in [0.5, 0.6) is 0 Å². The second-order valence-electron chi connectivity index (χ2n) is 4.43. The molecule has 0 radical (unpaired) electrons. The van der Waals surface area contributed by atoms with Crippen molar-refractivity contribution in [2.24, 2.45) is 0 Å². The molecule has 1 aromatic carbocycles. The molecule has 2 aromatic heterocycles. The van der Waals surface area contributed by atoms with E-state index in [1.807, 2.05) is 42.5 Å². The van der Waals surface area contributed by atoms with Crippen molar-refractivity contribution in [2.45, 2.75) is 6.04 Å². The highest BCUT2D eigenvalue weighted by Crippen LogP contribution is 2.22. The van der Waals surface area contributed by atoms with E-state index in [0.717, 1.165) is 11.1 Å². The van der Waals surface area contributed by atoms with Crippen LogP contribution >= 0.6 is 0 Å². The summed E-state index contributed by atoms with van der Waals surface area (Å²) in [7, 11) is 1.63. The Balaban J connectivity index is 2.17. The molecule has 2 heterocycles. The summed E-state index contributed by atoms with van der Waals surface area (Å²) >= 11 is 0. The number of rotatable bonds is 3. The first-order valence-corrected chi connectivity index (χ1v) is 6.35. The molecular formula is C15H14N4O. The standard InChI is InChI=1S/C15H14N4O/c1-16-15(20)13(11-6-3-2-4-7-11)19-10-18-12-8-5-9-17-14(12)19/h2-10,13H,1H3,(H,16,20). The van der Waals surface area contributed by atoms with Crippen LogP contribution in [0.2, 0.25) is 0 Å². The van der Waals surface area contributed by atoms with E-state index in [1.54, 1.807) is 24.1 Å². The number of imidazole rings is 1. The first-order chi connectivity index (χ1) is 9.81. The maximum atomic E-state index is 12.3. The van der Waals surface area contributed by atoms with Gasteiger partial charge in [-0.15, -0.1) is 0 Å². The highest BCUT2D eigenvalue weighted by atomic mass is 16.2. The van der Waals surface area contributed by atoms with E-state index >= 15 is 0 Å². The molecule has 1 amide bonds. The predicted octanol–water partition coefficient (Wildman–Crippen LogP) is 1.77. The Labute approximate surface area is 116 Å². The molecule has 0 aliphatic rings. The van der Waals surface area contributed by atoms with Crippen molar-refractivity contribution in [1.29, 1.82) is 0 Å². The Morgan fingerprint density at radius 2 is 1.95 bits per heavy atom. The van der Waals surface area contributed by atoms with Crippen molar-refractivity contribution in [3.8, 4) is 0 Å². The van der Waals surface area contributed by atoms with Crippen LogP contribution in [0.3, 0.4) is 0 Å². The molecule has 3 rings (SSSR count). The second kappa shape index (κ2) is 5.13. The van der Waals surface area contributed by atoms with Crippen molar-refractivity contribution in [1.82, 2.24) is 19.9 Å². The predicted molar refractivity (Wildman–Crippen MR) is 76.2 cm³/mol. The van der Waals surface area contributed by atoms with Gasteiger partial charge in [0.05, 0.1) is 6.33 Å². The van der Waals surface area contributed by atoms with Crippen LogP contribution < -0.4 is 5.32 Å². The molecule has 1 unspecified atom stereocenters. The van der Waals surface area contributed by atoms with Gasteiger partial charge in [-0.2, -0.15) is 0 Å². The number of carbonyl (C=O) groups excluding carboxylic acids is 1. The largest absolute Gasteiger partial charge is 0.357 e. The summed E-state index contributed by atoms with van der Waals surface area (Å²) in [5, 5.41) is 2.70. The molecule has 0 saturated heterocycles. The zero-order valence-corrected chi connectivity index (χ0v) is 11.0. The van der Waals surface area contributed by atoms with Crippen molar-refractivity contribution >= 4 is 17.1 Å². The van der Waals surface area contributed by atoms with Gasteiger partial charge in [0.1, 0.15) is 11.6 Å². The number of aromatic nitrogens is 3. The second-order valence-corrected chi connectivity index (χ2v) is 4.43. The summed E-state index contributed by atoms with van der Waals surface area (Å²) in [6.07, 6.45) is 3.36. The van der Waals surface area contributed by atoms with Gasteiger partial charge in [0, 0.05) is 13.2 Å². The summed E-state index contributed by atoms with van der Waals surface area (Å²) in [6, 6.07) is 12.8. The van der Waals surface area contributed by atoms with Crippen LogP contribution in [0.1, 0.15) is 11.6 Å². The summed E-state index contributed by atoms with van der Waals surface area (Å²) < 4.78 is 1.80. The molecule has 0 aliphatic heterocycles. The monoisotopic (exact) mass is 266 g/mol. The van der Waals surface area contributed by atoms with Crippen LogP contribution in [-0.4, -0.2) is 27.5 Å². The van der Waals surface area contributed by atoms with Crippen molar-refractivity contribution in [2.75, 3.05) is 7.05 Å². The van der Waals surface area contributed by atoms with Gasteiger partial charge in [-0.05, 0) is 17.7 Å². The first kappa shape index (κ1) is 12.3. The number of fused-ring (bicyclic) bond motifs is 1. The zero-order chi connectivity index (χ0) is 13.9. The molecule has 0 saturated carbocycles. The fourth-order valence-electron chi connectivity index (χ4n) is 2.27. The smallest absolute Gasteiger partial charge is 0.247 e. The molecule has 3 aromatic rings. The Morgan fingerprint density at radius 3 is 2.70 bits per heavy atom. The number of carbonyl (C=O) groups is 1. The molecule has 20 heavy (non-hydrogen) atoms. The Kier molecular flexibility index (Phi) is 3.16. The molecule has 0 spiro atoms. The lowest BCUT2D eigenvalue weighted by atomic mass is 10.1. The summed E-state index contributed by atoms with van der Waals surface area (Å²) in [5.74, 6) is -0.0962. The third-order valence-corrected chi connectivity index (χ3v) is 3.22. The number of nitrogens with one attached hydrogen (secondary N) is 1. The van der Waals surface area contributed by atoms with Gasteiger partial charge in [-0.25, -0.2) is 9.97 Å². The Morgan fingerprint density at radius 1 is 1.15 bits per heavy atom. The van der Waals surface area contributed by atoms with Crippen molar-refractivity contribution in [3.05, 3.63) is 60.6 Å². The first-order valence-electron chi connectivity index (χ1n) is 6.35. The fraction of sp³-hybridized carbons (Fsp3) is 0.133. The van der Waals surface area contributed by atoms with E-state index in [1.165, 1.54) is 0 Å². The highest BCUT2D eigenvalue weighted by molar-refractivity contribution is 5.85. The number of pyridine rings is 1. The van der Waals surface area contributed by atoms with Crippen LogP contribution in [0.25, 0.3) is 11.2 Å². The molecule has 0 bridgehead atoms. The van der Waals surface area contributed by atoms with Crippen LogP contribution in [0, 0.1) is 0 Å². The van der Waals surface area contributed by atoms with Gasteiger partial charge in [-0.1, -0.05) is 30.3 Å². The topological polar surface area (TPSA) is 59.8 Å². The van der Waals surface area contributed by atoms with E-state index in [9.17, 15) is 4.79 Å². The van der Waals surface area contributed by atoms with Gasteiger partial charge in [0.25, 0.3) is 0 Å². The van der Waals surface area contributed by atoms with Crippen LogP contribution in [-0.2, 0) is 4.79 Å².